The Hall–Kier alpha value is -3.65. The first kappa shape index (κ1) is 27.9. The Morgan fingerprint density at radius 1 is 1.00 bits per heavy atom. The number of aryl methyl sites for hydroxylation is 1. The molecule has 1 amide bonds. The molecular formula is C32H33ClN2O5. The number of nitrogens with zero attached hydrogens (tertiary/aromatic N) is 2. The lowest BCUT2D eigenvalue weighted by Crippen LogP contribution is -2.38. The maximum atomic E-state index is 13.3. The third kappa shape index (κ3) is 6.39. The lowest BCUT2D eigenvalue weighted by molar-refractivity contribution is -0.140. The molecule has 8 heteroatoms. The van der Waals surface area contributed by atoms with Gasteiger partial charge < -0.3 is 19.5 Å². The molecule has 7 nitrogen and oxygen atoms in total. The number of ketones is 1. The molecule has 3 aromatic rings. The number of aliphatic hydroxyl groups is 1. The minimum Gasteiger partial charge on any atom is -0.507 e. The van der Waals surface area contributed by atoms with Crippen LogP contribution in [-0.2, 0) is 20.9 Å². The summed E-state index contributed by atoms with van der Waals surface area (Å²) < 4.78 is 11.3. The van der Waals surface area contributed by atoms with Gasteiger partial charge in [-0.15, -0.1) is 0 Å². The van der Waals surface area contributed by atoms with Gasteiger partial charge in [0.1, 0.15) is 18.1 Å². The van der Waals surface area contributed by atoms with Gasteiger partial charge in [0.2, 0.25) is 0 Å². The van der Waals surface area contributed by atoms with Crippen LogP contribution in [0.2, 0.25) is 5.02 Å². The number of likely N-dealkylation sites (tertiary alicyclic amines) is 1. The van der Waals surface area contributed by atoms with Crippen LogP contribution in [0.1, 0.15) is 34.7 Å². The fourth-order valence-electron chi connectivity index (χ4n) is 5.26. The smallest absolute Gasteiger partial charge is 0.295 e. The monoisotopic (exact) mass is 560 g/mol. The van der Waals surface area contributed by atoms with Gasteiger partial charge in [0.15, 0.2) is 0 Å². The molecule has 1 unspecified atom stereocenters. The maximum Gasteiger partial charge on any atom is 0.295 e. The van der Waals surface area contributed by atoms with Crippen LogP contribution in [0, 0.1) is 6.92 Å². The van der Waals surface area contributed by atoms with E-state index in [1.165, 1.54) is 0 Å². The Morgan fingerprint density at radius 3 is 2.48 bits per heavy atom. The maximum absolute atomic E-state index is 13.3. The fraction of sp³-hybridized carbons (Fsp3) is 0.312. The molecule has 1 atom stereocenters. The third-order valence-corrected chi connectivity index (χ3v) is 7.53. The summed E-state index contributed by atoms with van der Waals surface area (Å²) in [4.78, 5) is 30.4. The first-order valence-corrected chi connectivity index (χ1v) is 13.9. The normalized spacial score (nSPS) is 19.2. The number of Topliss-reactive ketones (excluding diaryl/α,β-unsaturated/α-hetero) is 1. The van der Waals surface area contributed by atoms with Crippen molar-refractivity contribution >= 4 is 29.1 Å². The quantitative estimate of drug-likeness (QED) is 0.215. The molecule has 3 aromatic carbocycles. The molecule has 0 radical (unpaired) electrons. The van der Waals surface area contributed by atoms with E-state index in [0.717, 1.165) is 30.8 Å². The van der Waals surface area contributed by atoms with Crippen molar-refractivity contribution in [2.24, 2.45) is 0 Å². The third-order valence-electron chi connectivity index (χ3n) is 7.30. The zero-order valence-corrected chi connectivity index (χ0v) is 23.3. The van der Waals surface area contributed by atoms with Crippen molar-refractivity contribution in [2.45, 2.75) is 26.0 Å². The average Bonchev–Trinajstić information content (AvgIpc) is 3.22. The number of ether oxygens (including phenoxy) is 2. The van der Waals surface area contributed by atoms with E-state index >= 15 is 0 Å². The summed E-state index contributed by atoms with van der Waals surface area (Å²) in [6.07, 6.45) is 0.692. The topological polar surface area (TPSA) is 79.3 Å². The van der Waals surface area contributed by atoms with Gasteiger partial charge in [-0.1, -0.05) is 53.6 Å². The molecule has 0 spiro atoms. The largest absolute Gasteiger partial charge is 0.507 e. The van der Waals surface area contributed by atoms with Gasteiger partial charge in [-0.05, 0) is 60.9 Å². The number of aliphatic hydroxyl groups excluding tert-OH is 1. The van der Waals surface area contributed by atoms with Crippen molar-refractivity contribution in [3.8, 4) is 5.75 Å². The van der Waals surface area contributed by atoms with E-state index in [-0.39, 0.29) is 11.3 Å². The van der Waals surface area contributed by atoms with Crippen LogP contribution in [0.15, 0.2) is 78.4 Å². The van der Waals surface area contributed by atoms with Crippen molar-refractivity contribution in [2.75, 3.05) is 39.4 Å². The predicted octanol–water partition coefficient (Wildman–Crippen LogP) is 5.37. The van der Waals surface area contributed by atoms with Crippen LogP contribution >= 0.6 is 11.6 Å². The van der Waals surface area contributed by atoms with Gasteiger partial charge >= 0.3 is 0 Å². The highest BCUT2D eigenvalue weighted by atomic mass is 35.5. The number of hydrogen-bond donors (Lipinski definition) is 1. The highest BCUT2D eigenvalue weighted by Crippen LogP contribution is 2.40. The number of carbonyl (C=O) groups excluding carboxylic acids is 2. The van der Waals surface area contributed by atoms with E-state index in [1.807, 2.05) is 31.2 Å². The Bertz CT molecular complexity index is 1400. The zero-order chi connectivity index (χ0) is 28.1. The summed E-state index contributed by atoms with van der Waals surface area (Å²) in [5.74, 6) is -0.905. The van der Waals surface area contributed by atoms with Crippen LogP contribution in [0.5, 0.6) is 5.75 Å². The predicted molar refractivity (Wildman–Crippen MR) is 154 cm³/mol. The van der Waals surface area contributed by atoms with E-state index in [2.05, 4.69) is 11.0 Å². The molecule has 0 saturated carbocycles. The number of amides is 1. The number of carbonyl (C=O) groups is 2. The van der Waals surface area contributed by atoms with Crippen LogP contribution < -0.4 is 4.74 Å². The Kier molecular flexibility index (Phi) is 8.85. The Labute approximate surface area is 239 Å². The summed E-state index contributed by atoms with van der Waals surface area (Å²) >= 11 is 6.29. The van der Waals surface area contributed by atoms with Crippen molar-refractivity contribution in [1.29, 1.82) is 0 Å². The number of halogens is 1. The SMILES string of the molecule is Cc1cccc(COc2ccc(C(O)=C3C(=O)C(=O)N(CCCN4CCOCC4)C3c3cccc(Cl)c3)cc2)c1. The van der Waals surface area contributed by atoms with Gasteiger partial charge in [0, 0.05) is 36.8 Å². The lowest BCUT2D eigenvalue weighted by Gasteiger charge is -2.29. The second kappa shape index (κ2) is 12.7. The molecule has 0 aliphatic carbocycles. The van der Waals surface area contributed by atoms with Gasteiger partial charge in [0.05, 0.1) is 24.8 Å². The number of hydrogen-bond acceptors (Lipinski definition) is 6. The van der Waals surface area contributed by atoms with Crippen molar-refractivity contribution < 1.29 is 24.2 Å². The molecule has 40 heavy (non-hydrogen) atoms. The van der Waals surface area contributed by atoms with Crippen LogP contribution in [-0.4, -0.2) is 66.0 Å². The minimum absolute atomic E-state index is 0.0621. The lowest BCUT2D eigenvalue weighted by atomic mass is 9.95. The highest BCUT2D eigenvalue weighted by Gasteiger charge is 2.45. The average molecular weight is 561 g/mol. The molecule has 2 aliphatic heterocycles. The Morgan fingerprint density at radius 2 is 1.75 bits per heavy atom. The van der Waals surface area contributed by atoms with Crippen LogP contribution in [0.4, 0.5) is 0 Å². The highest BCUT2D eigenvalue weighted by molar-refractivity contribution is 6.46. The number of benzene rings is 3. The fourth-order valence-corrected chi connectivity index (χ4v) is 5.46. The van der Waals surface area contributed by atoms with Gasteiger partial charge in [0.25, 0.3) is 11.7 Å². The first-order valence-electron chi connectivity index (χ1n) is 13.5. The molecule has 2 saturated heterocycles. The summed E-state index contributed by atoms with van der Waals surface area (Å²) in [7, 11) is 0. The summed E-state index contributed by atoms with van der Waals surface area (Å²) in [5.41, 5.74) is 3.39. The van der Waals surface area contributed by atoms with Crippen LogP contribution in [0.3, 0.4) is 0 Å². The summed E-state index contributed by atoms with van der Waals surface area (Å²) in [6.45, 7) is 6.71. The first-order chi connectivity index (χ1) is 19.4. The molecule has 2 aliphatic rings. The molecule has 1 N–H and O–H groups in total. The Balaban J connectivity index is 1.38. The van der Waals surface area contributed by atoms with E-state index in [4.69, 9.17) is 21.1 Å². The van der Waals surface area contributed by atoms with Crippen molar-refractivity contribution in [1.82, 2.24) is 9.80 Å². The van der Waals surface area contributed by atoms with E-state index in [9.17, 15) is 14.7 Å². The van der Waals surface area contributed by atoms with Crippen molar-refractivity contribution in [3.63, 3.8) is 0 Å². The molecule has 2 fully saturated rings. The summed E-state index contributed by atoms with van der Waals surface area (Å²) in [5, 5.41) is 11.9. The molecule has 208 valence electrons. The molecule has 0 bridgehead atoms. The van der Waals surface area contributed by atoms with Gasteiger partial charge in [-0.25, -0.2) is 0 Å². The van der Waals surface area contributed by atoms with Gasteiger partial charge in [-0.2, -0.15) is 0 Å². The van der Waals surface area contributed by atoms with E-state index in [0.29, 0.717) is 54.7 Å². The molecule has 0 aromatic heterocycles. The van der Waals surface area contributed by atoms with Gasteiger partial charge in [-0.3, -0.25) is 14.5 Å². The second-order valence-electron chi connectivity index (χ2n) is 10.2. The van der Waals surface area contributed by atoms with Crippen molar-refractivity contribution in [3.05, 3.63) is 106 Å². The summed E-state index contributed by atoms with van der Waals surface area (Å²) in [6, 6.07) is 21.3. The van der Waals surface area contributed by atoms with E-state index in [1.54, 1.807) is 47.4 Å². The standard InChI is InChI=1S/C32H33ClN2O5/c1-22-5-2-6-23(19-22)21-40-27-11-9-24(10-12-27)30(36)28-29(25-7-3-8-26(33)20-25)35(32(38)31(28)37)14-4-13-34-15-17-39-18-16-34/h2-3,5-12,19-20,29,36H,4,13-18,21H2,1H3. The number of morpholine rings is 1. The molecule has 5 rings (SSSR count). The number of rotatable bonds is 9. The minimum atomic E-state index is -0.736. The zero-order valence-electron chi connectivity index (χ0n) is 22.5. The second-order valence-corrected chi connectivity index (χ2v) is 10.6. The molecule has 2 heterocycles. The molecular weight excluding hydrogens is 528 g/mol. The van der Waals surface area contributed by atoms with Crippen LogP contribution in [0.25, 0.3) is 5.76 Å². The van der Waals surface area contributed by atoms with E-state index < -0.39 is 17.7 Å².